The Balaban J connectivity index is 2.22. The average molecular weight is 264 g/mol. The molecule has 0 fully saturated rings. The lowest BCUT2D eigenvalue weighted by atomic mass is 10.0. The van der Waals surface area contributed by atoms with E-state index in [2.05, 4.69) is 6.92 Å². The molecule has 0 saturated heterocycles. The molecule has 1 atom stereocenters. The quantitative estimate of drug-likeness (QED) is 0.673. The van der Waals surface area contributed by atoms with Crippen molar-refractivity contribution in [2.45, 2.75) is 58.0 Å². The highest BCUT2D eigenvalue weighted by atomic mass is 16.3. The number of phenolic OH excluding ortho intramolecular Hbond substituents is 1. The molecular formula is C16H24O3. The van der Waals surface area contributed by atoms with E-state index in [1.165, 1.54) is 0 Å². The van der Waals surface area contributed by atoms with Crippen LogP contribution in [-0.2, 0) is 11.2 Å². The third kappa shape index (κ3) is 6.97. The molecule has 0 aliphatic carbocycles. The van der Waals surface area contributed by atoms with Crippen molar-refractivity contribution in [2.24, 2.45) is 0 Å². The van der Waals surface area contributed by atoms with E-state index in [1.54, 1.807) is 12.1 Å². The van der Waals surface area contributed by atoms with Crippen LogP contribution in [-0.4, -0.2) is 22.1 Å². The number of hydrogen-bond acceptors (Lipinski definition) is 3. The second-order valence-corrected chi connectivity index (χ2v) is 5.06. The van der Waals surface area contributed by atoms with Crippen molar-refractivity contribution in [1.29, 1.82) is 0 Å². The minimum atomic E-state index is -0.487. The van der Waals surface area contributed by atoms with Crippen LogP contribution in [0.1, 0.15) is 51.0 Å². The van der Waals surface area contributed by atoms with Crippen molar-refractivity contribution < 1.29 is 15.0 Å². The summed E-state index contributed by atoms with van der Waals surface area (Å²) in [5.74, 6) is 0.346. The lowest BCUT2D eigenvalue weighted by Crippen LogP contribution is -2.13. The summed E-state index contributed by atoms with van der Waals surface area (Å²) in [6.45, 7) is 2.12. The summed E-state index contributed by atoms with van der Waals surface area (Å²) in [6, 6.07) is 6.89. The summed E-state index contributed by atoms with van der Waals surface area (Å²) >= 11 is 0. The van der Waals surface area contributed by atoms with E-state index in [0.29, 0.717) is 12.8 Å². The van der Waals surface area contributed by atoms with Gasteiger partial charge in [0.25, 0.3) is 0 Å². The zero-order chi connectivity index (χ0) is 14.1. The van der Waals surface area contributed by atoms with E-state index >= 15 is 0 Å². The Hall–Kier alpha value is -1.35. The Morgan fingerprint density at radius 1 is 1.21 bits per heavy atom. The number of aliphatic hydroxyl groups is 1. The summed E-state index contributed by atoms with van der Waals surface area (Å²) in [5.41, 5.74) is 1.03. The number of phenols is 1. The summed E-state index contributed by atoms with van der Waals surface area (Å²) in [4.78, 5) is 11.7. The van der Waals surface area contributed by atoms with Crippen molar-refractivity contribution in [1.82, 2.24) is 0 Å². The lowest BCUT2D eigenvalue weighted by molar-refractivity contribution is -0.121. The zero-order valence-electron chi connectivity index (χ0n) is 11.6. The van der Waals surface area contributed by atoms with Crippen molar-refractivity contribution in [3.8, 4) is 5.75 Å². The molecule has 3 heteroatoms. The number of unbranched alkanes of at least 4 members (excludes halogenated alkanes) is 2. The van der Waals surface area contributed by atoms with Crippen LogP contribution < -0.4 is 0 Å². The smallest absolute Gasteiger partial charge is 0.135 e. The number of ketones is 1. The fourth-order valence-corrected chi connectivity index (χ4v) is 2.04. The van der Waals surface area contributed by atoms with Crippen LogP contribution in [0.4, 0.5) is 0 Å². The molecule has 1 aromatic carbocycles. The lowest BCUT2D eigenvalue weighted by Gasteiger charge is -2.09. The number of carbonyl (C=O) groups is 1. The molecule has 106 valence electrons. The fraction of sp³-hybridized carbons (Fsp3) is 0.562. The first-order valence-electron chi connectivity index (χ1n) is 7.09. The highest BCUT2D eigenvalue weighted by Gasteiger charge is 2.10. The molecule has 1 rings (SSSR count). The van der Waals surface area contributed by atoms with Gasteiger partial charge < -0.3 is 10.2 Å². The molecule has 0 aromatic heterocycles. The van der Waals surface area contributed by atoms with Crippen LogP contribution in [0.15, 0.2) is 24.3 Å². The highest BCUT2D eigenvalue weighted by molar-refractivity contribution is 5.79. The Bertz CT molecular complexity index is 370. The van der Waals surface area contributed by atoms with Gasteiger partial charge >= 0.3 is 0 Å². The molecule has 1 aromatic rings. The normalized spacial score (nSPS) is 12.3. The number of carbonyl (C=O) groups excluding carboxylic acids is 1. The van der Waals surface area contributed by atoms with Crippen LogP contribution >= 0.6 is 0 Å². The van der Waals surface area contributed by atoms with Gasteiger partial charge in [0.2, 0.25) is 0 Å². The maximum Gasteiger partial charge on any atom is 0.135 e. The van der Waals surface area contributed by atoms with Gasteiger partial charge in [-0.3, -0.25) is 4.79 Å². The van der Waals surface area contributed by atoms with E-state index in [4.69, 9.17) is 5.11 Å². The number of Topliss-reactive ketones (excluding diaryl/α,β-unsaturated/α-hetero) is 1. The van der Waals surface area contributed by atoms with Crippen LogP contribution in [0, 0.1) is 0 Å². The Labute approximate surface area is 115 Å². The monoisotopic (exact) mass is 264 g/mol. The Morgan fingerprint density at radius 3 is 2.53 bits per heavy atom. The number of benzene rings is 1. The molecule has 0 aliphatic heterocycles. The van der Waals surface area contributed by atoms with Gasteiger partial charge in [0, 0.05) is 12.8 Å². The standard InChI is InChI=1S/C16H24O3/c1-2-3-4-5-15(18)12-16(19)11-8-13-6-9-14(17)10-7-13/h6-7,9-10,15,17-18H,2-5,8,11-12H2,1H3/t15-/m0/s1. The molecule has 0 bridgehead atoms. The third-order valence-electron chi connectivity index (χ3n) is 3.23. The van der Waals surface area contributed by atoms with Crippen LogP contribution in [0.3, 0.4) is 0 Å². The van der Waals surface area contributed by atoms with Crippen LogP contribution in [0.5, 0.6) is 5.75 Å². The fourth-order valence-electron chi connectivity index (χ4n) is 2.04. The number of aromatic hydroxyl groups is 1. The molecule has 0 heterocycles. The largest absolute Gasteiger partial charge is 0.508 e. The first kappa shape index (κ1) is 15.7. The van der Waals surface area contributed by atoms with Crippen molar-refractivity contribution >= 4 is 5.78 Å². The molecule has 0 aliphatic rings. The first-order valence-corrected chi connectivity index (χ1v) is 7.09. The summed E-state index contributed by atoms with van der Waals surface area (Å²) in [6.07, 6.45) is 4.85. The van der Waals surface area contributed by atoms with Gasteiger partial charge in [-0.05, 0) is 30.5 Å². The number of aliphatic hydroxyl groups excluding tert-OH is 1. The second kappa shape index (κ2) is 8.70. The van der Waals surface area contributed by atoms with Crippen molar-refractivity contribution in [2.75, 3.05) is 0 Å². The minimum absolute atomic E-state index is 0.108. The van der Waals surface area contributed by atoms with E-state index < -0.39 is 6.10 Å². The van der Waals surface area contributed by atoms with Crippen LogP contribution in [0.2, 0.25) is 0 Å². The number of aryl methyl sites for hydroxylation is 1. The molecule has 0 saturated carbocycles. The molecule has 0 amide bonds. The molecule has 19 heavy (non-hydrogen) atoms. The van der Waals surface area contributed by atoms with Gasteiger partial charge in [0.15, 0.2) is 0 Å². The van der Waals surface area contributed by atoms with Gasteiger partial charge in [0.1, 0.15) is 11.5 Å². The third-order valence-corrected chi connectivity index (χ3v) is 3.23. The second-order valence-electron chi connectivity index (χ2n) is 5.06. The highest BCUT2D eigenvalue weighted by Crippen LogP contribution is 2.13. The van der Waals surface area contributed by atoms with Gasteiger partial charge in [-0.1, -0.05) is 38.3 Å². The number of rotatable bonds is 9. The molecule has 0 radical (unpaired) electrons. The van der Waals surface area contributed by atoms with Gasteiger partial charge in [-0.25, -0.2) is 0 Å². The Kier molecular flexibility index (Phi) is 7.19. The maximum absolute atomic E-state index is 11.7. The van der Waals surface area contributed by atoms with E-state index in [1.807, 2.05) is 12.1 Å². The molecule has 0 spiro atoms. The average Bonchev–Trinajstić information content (AvgIpc) is 2.38. The molecule has 3 nitrogen and oxygen atoms in total. The Morgan fingerprint density at radius 2 is 1.89 bits per heavy atom. The first-order chi connectivity index (χ1) is 9.11. The SMILES string of the molecule is CCCCC[C@H](O)CC(=O)CCc1ccc(O)cc1. The summed E-state index contributed by atoms with van der Waals surface area (Å²) in [7, 11) is 0. The molecule has 0 unspecified atom stereocenters. The van der Waals surface area contributed by atoms with Crippen LogP contribution in [0.25, 0.3) is 0 Å². The summed E-state index contributed by atoms with van der Waals surface area (Å²) in [5, 5.41) is 18.9. The topological polar surface area (TPSA) is 57.5 Å². The van der Waals surface area contributed by atoms with Crippen molar-refractivity contribution in [3.63, 3.8) is 0 Å². The van der Waals surface area contributed by atoms with Crippen molar-refractivity contribution in [3.05, 3.63) is 29.8 Å². The van der Waals surface area contributed by atoms with Gasteiger partial charge in [0.05, 0.1) is 6.10 Å². The van der Waals surface area contributed by atoms with Gasteiger partial charge in [-0.2, -0.15) is 0 Å². The minimum Gasteiger partial charge on any atom is -0.508 e. The predicted molar refractivity (Wildman–Crippen MR) is 76.2 cm³/mol. The van der Waals surface area contributed by atoms with Gasteiger partial charge in [-0.15, -0.1) is 0 Å². The molecule has 2 N–H and O–H groups in total. The predicted octanol–water partition coefficient (Wildman–Crippen LogP) is 3.23. The summed E-state index contributed by atoms with van der Waals surface area (Å²) < 4.78 is 0. The van der Waals surface area contributed by atoms with E-state index in [0.717, 1.165) is 31.2 Å². The number of hydrogen-bond donors (Lipinski definition) is 2. The van der Waals surface area contributed by atoms with E-state index in [-0.39, 0.29) is 18.0 Å². The maximum atomic E-state index is 11.7. The zero-order valence-corrected chi connectivity index (χ0v) is 11.6. The van der Waals surface area contributed by atoms with E-state index in [9.17, 15) is 9.90 Å². The molecular weight excluding hydrogens is 240 g/mol.